The smallest absolute Gasteiger partial charge is 0.246 e. The van der Waals surface area contributed by atoms with E-state index in [1.165, 1.54) is 12.1 Å². The number of likely N-dealkylation sites (N-methyl/N-ethyl adjacent to an activating group) is 1. The van der Waals surface area contributed by atoms with Crippen molar-refractivity contribution in [2.24, 2.45) is 0 Å². The van der Waals surface area contributed by atoms with Crippen LogP contribution in [-0.2, 0) is 4.79 Å². The molecule has 4 aromatic rings. The van der Waals surface area contributed by atoms with Crippen LogP contribution in [0.3, 0.4) is 0 Å². The molecule has 2 aliphatic heterocycles. The van der Waals surface area contributed by atoms with E-state index in [1.807, 2.05) is 31.7 Å². The van der Waals surface area contributed by atoms with Gasteiger partial charge in [-0.15, -0.1) is 0 Å². The number of amides is 1. The van der Waals surface area contributed by atoms with Gasteiger partial charge >= 0.3 is 0 Å². The molecule has 0 aliphatic carbocycles. The molecule has 1 amide bonds. The fourth-order valence-corrected chi connectivity index (χ4v) is 6.47. The van der Waals surface area contributed by atoms with Crippen LogP contribution in [0.4, 0.5) is 16.2 Å². The molecule has 2 saturated heterocycles. The van der Waals surface area contributed by atoms with Gasteiger partial charge in [0.1, 0.15) is 17.2 Å². The van der Waals surface area contributed by atoms with Crippen molar-refractivity contribution in [1.29, 1.82) is 0 Å². The summed E-state index contributed by atoms with van der Waals surface area (Å²) in [6, 6.07) is 3.86. The molecule has 2 aromatic heterocycles. The van der Waals surface area contributed by atoms with E-state index in [2.05, 4.69) is 45.6 Å². The van der Waals surface area contributed by atoms with E-state index in [9.17, 15) is 9.18 Å². The quantitative estimate of drug-likeness (QED) is 0.349. The van der Waals surface area contributed by atoms with Crippen molar-refractivity contribution >= 4 is 51.1 Å². The van der Waals surface area contributed by atoms with Gasteiger partial charge in [-0.2, -0.15) is 10.1 Å². The van der Waals surface area contributed by atoms with E-state index in [0.29, 0.717) is 47.6 Å². The Labute approximate surface area is 243 Å². The SMILES string of the molecule is C=CC(=O)N1CCN(c2nc(N3CC(N(C)C)C3)nc3c(C)c(-c4c(C)cc(F)c5[nH]ncc45)c(Cl)cc23)C[C@H]1C. The average Bonchev–Trinajstić information content (AvgIpc) is 3.39. The Morgan fingerprint density at radius 1 is 1.12 bits per heavy atom. The third-order valence-electron chi connectivity index (χ3n) is 8.55. The number of rotatable bonds is 5. The zero-order valence-corrected chi connectivity index (χ0v) is 24.8. The summed E-state index contributed by atoms with van der Waals surface area (Å²) < 4.78 is 14.7. The summed E-state index contributed by atoms with van der Waals surface area (Å²) in [5.41, 5.74) is 4.46. The maximum absolute atomic E-state index is 14.7. The zero-order valence-electron chi connectivity index (χ0n) is 24.0. The van der Waals surface area contributed by atoms with Crippen molar-refractivity contribution in [2.75, 3.05) is 56.6 Å². The number of nitrogens with one attached hydrogen (secondary N) is 1. The predicted molar refractivity (Wildman–Crippen MR) is 162 cm³/mol. The Morgan fingerprint density at radius 2 is 1.88 bits per heavy atom. The maximum Gasteiger partial charge on any atom is 0.246 e. The Hall–Kier alpha value is -3.76. The highest BCUT2D eigenvalue weighted by Gasteiger charge is 2.33. The first-order chi connectivity index (χ1) is 19.6. The number of benzene rings is 2. The van der Waals surface area contributed by atoms with E-state index < -0.39 is 0 Å². The molecular formula is C30H34ClFN8O. The van der Waals surface area contributed by atoms with Gasteiger partial charge in [0.2, 0.25) is 11.9 Å². The van der Waals surface area contributed by atoms with E-state index >= 15 is 0 Å². The van der Waals surface area contributed by atoms with Gasteiger partial charge in [0.15, 0.2) is 0 Å². The van der Waals surface area contributed by atoms with Crippen molar-refractivity contribution in [3.8, 4) is 11.1 Å². The highest BCUT2D eigenvalue weighted by molar-refractivity contribution is 6.35. The molecule has 0 spiro atoms. The van der Waals surface area contributed by atoms with Gasteiger partial charge in [0.05, 0.1) is 11.7 Å². The minimum Gasteiger partial charge on any atom is -0.352 e. The van der Waals surface area contributed by atoms with Gasteiger partial charge in [-0.25, -0.2) is 9.37 Å². The van der Waals surface area contributed by atoms with Crippen molar-refractivity contribution in [2.45, 2.75) is 32.9 Å². The van der Waals surface area contributed by atoms with E-state index in [4.69, 9.17) is 21.6 Å². The summed E-state index contributed by atoms with van der Waals surface area (Å²) in [7, 11) is 4.17. The summed E-state index contributed by atoms with van der Waals surface area (Å²) >= 11 is 7.06. The van der Waals surface area contributed by atoms with Crippen LogP contribution in [-0.4, -0.2) is 94.8 Å². The lowest BCUT2D eigenvalue weighted by Crippen LogP contribution is -2.58. The fourth-order valence-electron chi connectivity index (χ4n) is 6.13. The lowest BCUT2D eigenvalue weighted by molar-refractivity contribution is -0.128. The second-order valence-electron chi connectivity index (χ2n) is 11.4. The number of piperazine rings is 1. The lowest BCUT2D eigenvalue weighted by Gasteiger charge is -2.43. The number of hydrogen-bond donors (Lipinski definition) is 1. The zero-order chi connectivity index (χ0) is 29.2. The summed E-state index contributed by atoms with van der Waals surface area (Å²) in [6.07, 6.45) is 3.01. The molecule has 0 unspecified atom stereocenters. The number of nitrogens with zero attached hydrogens (tertiary/aromatic N) is 7. The monoisotopic (exact) mass is 576 g/mol. The largest absolute Gasteiger partial charge is 0.352 e. The molecule has 0 radical (unpaired) electrons. The number of carbonyl (C=O) groups is 1. The average molecular weight is 577 g/mol. The molecular weight excluding hydrogens is 543 g/mol. The van der Waals surface area contributed by atoms with Crippen molar-refractivity contribution in [3.05, 3.63) is 53.0 Å². The van der Waals surface area contributed by atoms with Crippen molar-refractivity contribution in [1.82, 2.24) is 30.0 Å². The molecule has 214 valence electrons. The number of anilines is 2. The Morgan fingerprint density at radius 3 is 2.56 bits per heavy atom. The van der Waals surface area contributed by atoms with E-state index in [-0.39, 0.29) is 17.8 Å². The molecule has 9 nitrogen and oxygen atoms in total. The summed E-state index contributed by atoms with van der Waals surface area (Å²) in [5, 5.41) is 8.95. The van der Waals surface area contributed by atoms with Crippen molar-refractivity contribution in [3.63, 3.8) is 0 Å². The van der Waals surface area contributed by atoms with Crippen LogP contribution < -0.4 is 9.80 Å². The Kier molecular flexibility index (Phi) is 6.86. The number of carbonyl (C=O) groups excluding carboxylic acids is 1. The van der Waals surface area contributed by atoms with Gasteiger partial charge in [-0.3, -0.25) is 9.89 Å². The normalized spacial score (nSPS) is 18.0. The minimum atomic E-state index is -0.350. The topological polar surface area (TPSA) is 84.5 Å². The molecule has 6 rings (SSSR count). The van der Waals surface area contributed by atoms with E-state index in [1.54, 1.807) is 6.20 Å². The molecule has 2 fully saturated rings. The first-order valence-corrected chi connectivity index (χ1v) is 14.2. The number of aromatic nitrogens is 4. The van der Waals surface area contributed by atoms with Gasteiger partial charge in [-0.1, -0.05) is 18.2 Å². The molecule has 11 heteroatoms. The third-order valence-corrected chi connectivity index (χ3v) is 8.85. The van der Waals surface area contributed by atoms with Crippen LogP contribution in [0.25, 0.3) is 32.9 Å². The molecule has 2 aliphatic rings. The van der Waals surface area contributed by atoms with Crippen LogP contribution in [0.2, 0.25) is 5.02 Å². The molecule has 1 N–H and O–H groups in total. The molecule has 0 saturated carbocycles. The number of halogens is 2. The lowest BCUT2D eigenvalue weighted by atomic mass is 9.92. The Bertz CT molecular complexity index is 1700. The molecule has 1 atom stereocenters. The third kappa shape index (κ3) is 4.49. The second kappa shape index (κ2) is 10.3. The van der Waals surface area contributed by atoms with Crippen LogP contribution in [0, 0.1) is 19.7 Å². The highest BCUT2D eigenvalue weighted by Crippen LogP contribution is 2.43. The predicted octanol–water partition coefficient (Wildman–Crippen LogP) is 4.56. The van der Waals surface area contributed by atoms with Crippen LogP contribution in [0.1, 0.15) is 18.1 Å². The maximum atomic E-state index is 14.7. The molecule has 0 bridgehead atoms. The standard InChI is InChI=1S/C30H34ClFN8O/c1-7-24(41)40-9-8-38(13-17(40)3)29-20-11-22(31)26(25-16(2)10-23(32)28-21(25)12-33-36-28)18(4)27(20)34-30(35-29)39-14-19(15-39)37(5)6/h7,10-12,17,19H,1,8-9,13-15H2,2-6H3,(H,33,36)/t17-/m1/s1. The van der Waals surface area contributed by atoms with Gasteiger partial charge in [-0.05, 0) is 69.8 Å². The van der Waals surface area contributed by atoms with Gasteiger partial charge in [0.25, 0.3) is 0 Å². The second-order valence-corrected chi connectivity index (χ2v) is 11.8. The van der Waals surface area contributed by atoms with Crippen LogP contribution in [0.5, 0.6) is 0 Å². The Balaban J connectivity index is 1.52. The number of hydrogen-bond acceptors (Lipinski definition) is 7. The van der Waals surface area contributed by atoms with Gasteiger partial charge in [0, 0.05) is 66.2 Å². The summed E-state index contributed by atoms with van der Waals surface area (Å²) in [6.45, 7) is 13.1. The van der Waals surface area contributed by atoms with E-state index in [0.717, 1.165) is 52.1 Å². The summed E-state index contributed by atoms with van der Waals surface area (Å²) in [5.74, 6) is 1.06. The fraction of sp³-hybridized carbons (Fsp3) is 0.400. The van der Waals surface area contributed by atoms with Crippen molar-refractivity contribution < 1.29 is 9.18 Å². The van der Waals surface area contributed by atoms with Crippen LogP contribution in [0.15, 0.2) is 31.0 Å². The molecule has 4 heterocycles. The number of aryl methyl sites for hydroxylation is 2. The first-order valence-electron chi connectivity index (χ1n) is 13.8. The minimum absolute atomic E-state index is 0.0167. The summed E-state index contributed by atoms with van der Waals surface area (Å²) in [4.78, 5) is 31.1. The molecule has 41 heavy (non-hydrogen) atoms. The highest BCUT2D eigenvalue weighted by atomic mass is 35.5. The number of H-pyrrole nitrogens is 1. The molecule has 2 aromatic carbocycles. The first kappa shape index (κ1) is 27.4. The van der Waals surface area contributed by atoms with Gasteiger partial charge < -0.3 is 19.6 Å². The number of fused-ring (bicyclic) bond motifs is 2. The number of aromatic amines is 1. The van der Waals surface area contributed by atoms with Crippen LogP contribution >= 0.6 is 11.6 Å².